The molecule has 0 heterocycles. The Labute approximate surface area is 258 Å². The van der Waals surface area contributed by atoms with E-state index in [1.165, 1.54) is 64.2 Å². The van der Waals surface area contributed by atoms with Crippen molar-refractivity contribution in [2.24, 2.45) is 5.92 Å². The lowest BCUT2D eigenvalue weighted by Crippen LogP contribution is -2.28. The Balaban J connectivity index is 3.70. The highest BCUT2D eigenvalue weighted by Gasteiger charge is 2.16. The minimum Gasteiger partial charge on any atom is -0.462 e. The second kappa shape index (κ2) is 30.5. The summed E-state index contributed by atoms with van der Waals surface area (Å²) < 4.78 is 10.5. The Morgan fingerprint density at radius 3 is 1.86 bits per heavy atom. The Bertz CT molecular complexity index is 714. The molecule has 0 aliphatic rings. The van der Waals surface area contributed by atoms with Gasteiger partial charge in [0.1, 0.15) is 6.61 Å². The third-order valence-corrected chi connectivity index (χ3v) is 7.76. The van der Waals surface area contributed by atoms with E-state index in [-0.39, 0.29) is 37.4 Å². The molecule has 2 atom stereocenters. The Hall–Kier alpha value is -1.95. The lowest BCUT2D eigenvalue weighted by molar-refractivity contribution is -0.161. The van der Waals surface area contributed by atoms with Crippen LogP contribution < -0.4 is 0 Å². The summed E-state index contributed by atoms with van der Waals surface area (Å²) in [6.07, 6.45) is 29.0. The molecule has 0 saturated carbocycles. The maximum absolute atomic E-state index is 12.1. The molecule has 244 valence electrons. The first-order chi connectivity index (χ1) is 20.4. The number of ether oxygens (including phenoxy) is 2. The van der Waals surface area contributed by atoms with Crippen LogP contribution in [0, 0.1) is 5.92 Å². The lowest BCUT2D eigenvalue weighted by Gasteiger charge is -2.15. The zero-order valence-corrected chi connectivity index (χ0v) is 27.4. The van der Waals surface area contributed by atoms with Crippen LogP contribution in [-0.2, 0) is 23.9 Å². The second-order valence-electron chi connectivity index (χ2n) is 11.9. The number of carbonyl (C=O) groups is 3. The number of aliphatic hydroxyl groups is 1. The van der Waals surface area contributed by atoms with Gasteiger partial charge in [0.05, 0.1) is 6.61 Å². The van der Waals surface area contributed by atoms with Crippen molar-refractivity contribution in [2.45, 2.75) is 168 Å². The van der Waals surface area contributed by atoms with Crippen LogP contribution in [0.5, 0.6) is 0 Å². The Morgan fingerprint density at radius 2 is 1.26 bits per heavy atom. The van der Waals surface area contributed by atoms with Gasteiger partial charge in [-0.25, -0.2) is 0 Å². The first-order valence-corrected chi connectivity index (χ1v) is 17.2. The average Bonchev–Trinajstić information content (AvgIpc) is 2.98. The number of rotatable bonds is 30. The number of esters is 2. The molecule has 0 rings (SSSR count). The van der Waals surface area contributed by atoms with E-state index in [9.17, 15) is 19.5 Å². The molecule has 0 saturated heterocycles. The molecule has 0 bridgehead atoms. The maximum atomic E-state index is 12.1. The summed E-state index contributed by atoms with van der Waals surface area (Å²) in [6, 6.07) is 0. The van der Waals surface area contributed by atoms with Crippen LogP contribution in [0.2, 0.25) is 0 Å². The third-order valence-electron chi connectivity index (χ3n) is 7.76. The van der Waals surface area contributed by atoms with Crippen LogP contribution >= 0.6 is 0 Å². The highest BCUT2D eigenvalue weighted by molar-refractivity contribution is 5.89. The fraction of sp³-hybridized carbons (Fsp3) is 0.806. The van der Waals surface area contributed by atoms with Gasteiger partial charge in [0.2, 0.25) is 0 Å². The van der Waals surface area contributed by atoms with Gasteiger partial charge in [-0.1, -0.05) is 129 Å². The predicted octanol–water partition coefficient (Wildman–Crippen LogP) is 9.37. The molecule has 0 amide bonds. The van der Waals surface area contributed by atoms with Crippen molar-refractivity contribution in [2.75, 3.05) is 13.2 Å². The molecular weight excluding hydrogens is 528 g/mol. The summed E-state index contributed by atoms with van der Waals surface area (Å²) in [7, 11) is 0. The van der Waals surface area contributed by atoms with Crippen LogP contribution in [0.25, 0.3) is 0 Å². The van der Waals surface area contributed by atoms with Gasteiger partial charge in [0.15, 0.2) is 11.9 Å². The number of allylic oxidation sites excluding steroid dienone is 4. The summed E-state index contributed by atoms with van der Waals surface area (Å²) in [5.74, 6) is 0.317. The summed E-state index contributed by atoms with van der Waals surface area (Å²) >= 11 is 0. The van der Waals surface area contributed by atoms with Crippen molar-refractivity contribution >= 4 is 17.7 Å². The van der Waals surface area contributed by atoms with E-state index >= 15 is 0 Å². The third kappa shape index (κ3) is 28.2. The topological polar surface area (TPSA) is 89.9 Å². The molecule has 1 N–H and O–H groups in total. The van der Waals surface area contributed by atoms with E-state index in [2.05, 4.69) is 26.8 Å². The zero-order valence-electron chi connectivity index (χ0n) is 27.4. The fourth-order valence-corrected chi connectivity index (χ4v) is 4.69. The Morgan fingerprint density at radius 1 is 0.690 bits per heavy atom. The van der Waals surface area contributed by atoms with E-state index in [0.29, 0.717) is 19.3 Å². The smallest absolute Gasteiger partial charge is 0.306 e. The zero-order chi connectivity index (χ0) is 31.1. The van der Waals surface area contributed by atoms with E-state index in [1.54, 1.807) is 6.08 Å². The summed E-state index contributed by atoms with van der Waals surface area (Å²) in [4.78, 5) is 36.0. The first-order valence-electron chi connectivity index (χ1n) is 17.2. The highest BCUT2D eigenvalue weighted by atomic mass is 16.6. The predicted molar refractivity (Wildman–Crippen MR) is 173 cm³/mol. The highest BCUT2D eigenvalue weighted by Crippen LogP contribution is 2.15. The van der Waals surface area contributed by atoms with Gasteiger partial charge in [-0.2, -0.15) is 0 Å². The van der Waals surface area contributed by atoms with Gasteiger partial charge in [0, 0.05) is 19.3 Å². The van der Waals surface area contributed by atoms with Crippen molar-refractivity contribution in [3.05, 3.63) is 24.3 Å². The molecule has 0 fully saturated rings. The van der Waals surface area contributed by atoms with E-state index < -0.39 is 6.10 Å². The van der Waals surface area contributed by atoms with Gasteiger partial charge in [0.25, 0.3) is 0 Å². The quantitative estimate of drug-likeness (QED) is 0.0387. The molecule has 0 aromatic carbocycles. The van der Waals surface area contributed by atoms with E-state index in [1.807, 2.05) is 12.2 Å². The monoisotopic (exact) mass is 592 g/mol. The maximum Gasteiger partial charge on any atom is 0.306 e. The van der Waals surface area contributed by atoms with Crippen LogP contribution in [0.15, 0.2) is 24.3 Å². The molecule has 0 aromatic heterocycles. The molecule has 6 heteroatoms. The van der Waals surface area contributed by atoms with E-state index in [0.717, 1.165) is 57.3 Å². The molecule has 0 aliphatic heterocycles. The standard InChI is InChI=1S/C36H64O6/c1-4-6-7-8-11-16-21-26-33(38)27-22-17-14-19-24-29-36(40)42-34(30-37)31-41-35(39)28-23-18-13-10-9-12-15-20-25-32(3)5-2/h11,16,21,26,32,34,37H,4-10,12-15,17-20,22-25,27-31H2,1-3H3/b16-11-,26-21+/t32?,34-/m0/s1. The molecule has 6 nitrogen and oxygen atoms in total. The summed E-state index contributed by atoms with van der Waals surface area (Å²) in [5, 5.41) is 9.50. The molecule has 0 spiro atoms. The van der Waals surface area contributed by atoms with Crippen LogP contribution in [0.4, 0.5) is 0 Å². The molecule has 0 aromatic rings. The van der Waals surface area contributed by atoms with Gasteiger partial charge in [-0.15, -0.1) is 0 Å². The van der Waals surface area contributed by atoms with Gasteiger partial charge in [-0.05, 0) is 44.1 Å². The van der Waals surface area contributed by atoms with Gasteiger partial charge in [-0.3, -0.25) is 14.4 Å². The van der Waals surface area contributed by atoms with Crippen LogP contribution in [0.1, 0.15) is 162 Å². The molecule has 42 heavy (non-hydrogen) atoms. The van der Waals surface area contributed by atoms with Crippen LogP contribution in [0.3, 0.4) is 0 Å². The largest absolute Gasteiger partial charge is 0.462 e. The lowest BCUT2D eigenvalue weighted by atomic mass is 9.99. The second-order valence-corrected chi connectivity index (χ2v) is 11.9. The number of hydrogen-bond donors (Lipinski definition) is 1. The van der Waals surface area contributed by atoms with Gasteiger partial charge >= 0.3 is 11.9 Å². The molecule has 1 unspecified atom stereocenters. The minimum absolute atomic E-state index is 0.102. The van der Waals surface area contributed by atoms with Crippen LogP contribution in [-0.4, -0.2) is 42.1 Å². The van der Waals surface area contributed by atoms with Crippen molar-refractivity contribution in [1.82, 2.24) is 0 Å². The fourth-order valence-electron chi connectivity index (χ4n) is 4.69. The number of aliphatic hydroxyl groups excluding tert-OH is 1. The van der Waals surface area contributed by atoms with E-state index in [4.69, 9.17) is 9.47 Å². The number of carbonyl (C=O) groups excluding carboxylic acids is 3. The number of hydrogen-bond acceptors (Lipinski definition) is 6. The molecule has 0 radical (unpaired) electrons. The SMILES string of the molecule is CCCCC/C=C\C=C\C(=O)CCCCCCCC(=O)O[C@@H](CO)COC(=O)CCCCCCCCCCC(C)CC. The Kier molecular flexibility index (Phi) is 29.1. The number of unbranched alkanes of at least 4 members (excludes halogenated alkanes) is 14. The van der Waals surface area contributed by atoms with Crippen molar-refractivity contribution in [1.29, 1.82) is 0 Å². The number of ketones is 1. The average molecular weight is 593 g/mol. The first kappa shape index (κ1) is 40.1. The van der Waals surface area contributed by atoms with Crippen molar-refractivity contribution < 1.29 is 29.0 Å². The summed E-state index contributed by atoms with van der Waals surface area (Å²) in [6.45, 7) is 6.30. The van der Waals surface area contributed by atoms with Crippen molar-refractivity contribution in [3.8, 4) is 0 Å². The van der Waals surface area contributed by atoms with Gasteiger partial charge < -0.3 is 14.6 Å². The normalized spacial score (nSPS) is 13.0. The summed E-state index contributed by atoms with van der Waals surface area (Å²) in [5.41, 5.74) is 0. The van der Waals surface area contributed by atoms with Crippen molar-refractivity contribution in [3.63, 3.8) is 0 Å². The molecular formula is C36H64O6. The minimum atomic E-state index is -0.813. The molecule has 0 aliphatic carbocycles.